The van der Waals surface area contributed by atoms with Crippen LogP contribution in [0.4, 0.5) is 0 Å². The Bertz CT molecular complexity index is 1190. The van der Waals surface area contributed by atoms with Gasteiger partial charge in [0.1, 0.15) is 12.2 Å². The molecule has 1 heterocycles. The maximum Gasteiger partial charge on any atom is 0.205 e. The van der Waals surface area contributed by atoms with Crippen LogP contribution in [0.1, 0.15) is 53.5 Å². The largest absolute Gasteiger partial charge is 0.414 e. The molecule has 6 nitrogen and oxygen atoms in total. The lowest BCUT2D eigenvalue weighted by molar-refractivity contribution is -0.179. The molecule has 9 heteroatoms. The fraction of sp³-hybridized carbons (Fsp3) is 0.613. The van der Waals surface area contributed by atoms with E-state index in [1.165, 1.54) is 0 Å². The van der Waals surface area contributed by atoms with E-state index >= 15 is 0 Å². The lowest BCUT2D eigenvalue weighted by Gasteiger charge is -2.47. The fourth-order valence-corrected chi connectivity index (χ4v) is 8.07. The predicted molar refractivity (Wildman–Crippen MR) is 167 cm³/mol. The lowest BCUT2D eigenvalue weighted by Crippen LogP contribution is -2.58. The Morgan fingerprint density at radius 1 is 0.825 bits per heavy atom. The van der Waals surface area contributed by atoms with Crippen LogP contribution >= 0.6 is 0 Å². The topological polar surface area (TPSA) is 71.1 Å². The van der Waals surface area contributed by atoms with Crippen LogP contribution in [-0.2, 0) is 34.8 Å². The maximum absolute atomic E-state index is 13.8. The number of ether oxygens (including phenoxy) is 2. The van der Waals surface area contributed by atoms with Gasteiger partial charge < -0.3 is 18.3 Å². The van der Waals surface area contributed by atoms with E-state index in [0.29, 0.717) is 6.61 Å². The molecule has 224 valence electrons. The van der Waals surface area contributed by atoms with Gasteiger partial charge in [-0.15, -0.1) is 0 Å². The highest BCUT2D eigenvalue weighted by Gasteiger charge is 2.50. The molecule has 2 aromatic rings. The second-order valence-electron chi connectivity index (χ2n) is 13.9. The van der Waals surface area contributed by atoms with Crippen LogP contribution in [0.15, 0.2) is 65.6 Å². The lowest BCUT2D eigenvalue weighted by atomic mass is 10.0. The van der Waals surface area contributed by atoms with Crippen LogP contribution in [0.5, 0.6) is 0 Å². The normalized spacial score (nSPS) is 23.2. The molecule has 0 bridgehead atoms. The summed E-state index contributed by atoms with van der Waals surface area (Å²) in [5.41, 5.74) is -0.0223. The molecule has 2 aromatic carbocycles. The molecule has 40 heavy (non-hydrogen) atoms. The van der Waals surface area contributed by atoms with Crippen LogP contribution in [-0.4, -0.2) is 55.4 Å². The standard InChI is InChI=1S/C31H50O6SSi2/c1-30(2,3)39(7,8)35-23-27-29(34-22-24-17-13-11-14-18-24)26(37-40(9,10)31(4,5)6)21-28(36-27)38(32,33)25-19-15-12-16-20-25/h11-20,26-29H,21-23H2,1-10H3/t26-,27-,28?,29+/m1/s1. The van der Waals surface area contributed by atoms with Gasteiger partial charge in [0.15, 0.2) is 22.1 Å². The van der Waals surface area contributed by atoms with Gasteiger partial charge in [-0.1, -0.05) is 90.1 Å². The van der Waals surface area contributed by atoms with Crippen molar-refractivity contribution in [3.8, 4) is 0 Å². The summed E-state index contributed by atoms with van der Waals surface area (Å²) in [5, 5.41) is -0.0646. The van der Waals surface area contributed by atoms with E-state index in [2.05, 4.69) is 67.7 Å². The van der Waals surface area contributed by atoms with E-state index in [0.717, 1.165) is 5.56 Å². The van der Waals surface area contributed by atoms with Crippen molar-refractivity contribution in [3.63, 3.8) is 0 Å². The van der Waals surface area contributed by atoms with Gasteiger partial charge in [-0.3, -0.25) is 0 Å². The number of benzene rings is 2. The van der Waals surface area contributed by atoms with Crippen molar-refractivity contribution >= 4 is 26.5 Å². The fourth-order valence-electron chi connectivity index (χ4n) is 4.15. The van der Waals surface area contributed by atoms with Crippen molar-refractivity contribution < 1.29 is 26.7 Å². The Labute approximate surface area is 245 Å². The Morgan fingerprint density at radius 3 is 1.88 bits per heavy atom. The van der Waals surface area contributed by atoms with Crippen LogP contribution < -0.4 is 0 Å². The van der Waals surface area contributed by atoms with Crippen molar-refractivity contribution in [3.05, 3.63) is 66.2 Å². The van der Waals surface area contributed by atoms with Crippen LogP contribution in [0.25, 0.3) is 0 Å². The first kappa shape index (κ1) is 33.2. The third-order valence-corrected chi connectivity index (χ3v) is 19.8. The molecule has 0 amide bonds. The first-order chi connectivity index (χ1) is 18.4. The van der Waals surface area contributed by atoms with Gasteiger partial charge in [0, 0.05) is 6.42 Å². The summed E-state index contributed by atoms with van der Waals surface area (Å²) in [6.45, 7) is 22.5. The molecule has 0 saturated carbocycles. The average molecular weight is 607 g/mol. The van der Waals surface area contributed by atoms with Crippen LogP contribution in [0.3, 0.4) is 0 Å². The molecular formula is C31H50O6SSi2. The molecule has 1 saturated heterocycles. The highest BCUT2D eigenvalue weighted by molar-refractivity contribution is 7.92. The maximum atomic E-state index is 13.8. The van der Waals surface area contributed by atoms with E-state index in [9.17, 15) is 8.42 Å². The third kappa shape index (κ3) is 7.93. The predicted octanol–water partition coefficient (Wildman–Crippen LogP) is 7.57. The van der Waals surface area contributed by atoms with Crippen molar-refractivity contribution in [1.29, 1.82) is 0 Å². The van der Waals surface area contributed by atoms with Gasteiger partial charge in [0.05, 0.1) is 24.2 Å². The number of hydrogen-bond donors (Lipinski definition) is 0. The first-order valence-corrected chi connectivity index (χ1v) is 21.6. The van der Waals surface area contributed by atoms with Crippen molar-refractivity contribution in [2.75, 3.05) is 6.61 Å². The zero-order chi connectivity index (χ0) is 30.0. The molecule has 0 aliphatic carbocycles. The molecule has 0 spiro atoms. The van der Waals surface area contributed by atoms with Gasteiger partial charge in [-0.2, -0.15) is 0 Å². The zero-order valence-electron chi connectivity index (χ0n) is 26.1. The summed E-state index contributed by atoms with van der Waals surface area (Å²) < 4.78 is 54.3. The van der Waals surface area contributed by atoms with E-state index < -0.39 is 50.2 Å². The Kier molecular flexibility index (Phi) is 10.4. The second-order valence-corrected chi connectivity index (χ2v) is 25.6. The van der Waals surface area contributed by atoms with E-state index in [-0.39, 0.29) is 28.0 Å². The Morgan fingerprint density at radius 2 is 1.35 bits per heavy atom. The van der Waals surface area contributed by atoms with E-state index in [4.69, 9.17) is 18.3 Å². The quantitative estimate of drug-likeness (QED) is 0.260. The van der Waals surface area contributed by atoms with Gasteiger partial charge >= 0.3 is 0 Å². The zero-order valence-corrected chi connectivity index (χ0v) is 28.9. The van der Waals surface area contributed by atoms with Gasteiger partial charge in [-0.25, -0.2) is 8.42 Å². The second kappa shape index (κ2) is 12.5. The minimum absolute atomic E-state index is 0.00534. The summed E-state index contributed by atoms with van der Waals surface area (Å²) in [6, 6.07) is 18.5. The van der Waals surface area contributed by atoms with E-state index in [1.54, 1.807) is 24.3 Å². The summed E-state index contributed by atoms with van der Waals surface area (Å²) in [7, 11) is -8.22. The first-order valence-electron chi connectivity index (χ1n) is 14.3. The van der Waals surface area contributed by atoms with Crippen LogP contribution in [0, 0.1) is 0 Å². The molecule has 1 fully saturated rings. The highest BCUT2D eigenvalue weighted by Crippen LogP contribution is 2.42. The average Bonchev–Trinajstić information content (AvgIpc) is 2.86. The van der Waals surface area contributed by atoms with Gasteiger partial charge in [0.2, 0.25) is 9.84 Å². The minimum Gasteiger partial charge on any atom is -0.414 e. The van der Waals surface area contributed by atoms with Gasteiger partial charge in [0.25, 0.3) is 0 Å². The highest BCUT2D eigenvalue weighted by atomic mass is 32.2. The summed E-state index contributed by atoms with van der Waals surface area (Å²) in [4.78, 5) is 0.249. The van der Waals surface area contributed by atoms with Crippen LogP contribution in [0.2, 0.25) is 36.3 Å². The number of hydrogen-bond acceptors (Lipinski definition) is 6. The summed E-state index contributed by atoms with van der Waals surface area (Å²) in [5.74, 6) is 0. The molecule has 1 unspecified atom stereocenters. The molecule has 0 aromatic heterocycles. The SMILES string of the molecule is CC(C)(C)[Si](C)(C)OC[C@H]1OC(S(=O)(=O)c2ccccc2)C[C@@H](O[Si](C)(C)C(C)(C)C)[C@@H]1OCc1ccccc1. The molecule has 0 N–H and O–H groups in total. The van der Waals surface area contributed by atoms with E-state index in [1.807, 2.05) is 36.4 Å². The molecule has 4 atom stereocenters. The summed E-state index contributed by atoms with van der Waals surface area (Å²) in [6.07, 6.45) is -1.36. The molecule has 0 radical (unpaired) electrons. The Hall–Kier alpha value is -1.34. The summed E-state index contributed by atoms with van der Waals surface area (Å²) >= 11 is 0. The smallest absolute Gasteiger partial charge is 0.205 e. The monoisotopic (exact) mass is 606 g/mol. The molecule has 3 rings (SSSR count). The number of rotatable bonds is 10. The Balaban J connectivity index is 2.02. The van der Waals surface area contributed by atoms with Gasteiger partial charge in [-0.05, 0) is 54.0 Å². The molecule has 1 aliphatic rings. The molecule has 1 aliphatic heterocycles. The van der Waals surface area contributed by atoms with Crippen molar-refractivity contribution in [2.45, 2.75) is 119 Å². The third-order valence-electron chi connectivity index (χ3n) is 8.85. The van der Waals surface area contributed by atoms with Crippen molar-refractivity contribution in [1.82, 2.24) is 0 Å². The minimum atomic E-state index is -3.78. The molecular weight excluding hydrogens is 557 g/mol. The van der Waals surface area contributed by atoms with Crippen molar-refractivity contribution in [2.24, 2.45) is 0 Å². The number of sulfone groups is 1.